The Morgan fingerprint density at radius 1 is 1.15 bits per heavy atom. The van der Waals surface area contributed by atoms with Crippen molar-refractivity contribution in [1.29, 1.82) is 0 Å². The lowest BCUT2D eigenvalue weighted by Crippen LogP contribution is -1.89. The van der Waals surface area contributed by atoms with Gasteiger partial charge in [-0.15, -0.1) is 23.5 Å². The zero-order chi connectivity index (χ0) is 9.10. The number of fused-ring (bicyclic) bond motifs is 1. The highest BCUT2D eigenvalue weighted by Crippen LogP contribution is 2.49. The molecule has 0 aromatic heterocycles. The summed E-state index contributed by atoms with van der Waals surface area (Å²) in [6, 6.07) is 8.74. The standard InChI is InChI=1S/C11H14S2/c1-2-3-8-11-12-9-6-4-5-7-10(9)13-11/h4-7,11H,2-3,8H2,1H3. The van der Waals surface area contributed by atoms with Crippen molar-refractivity contribution in [3.05, 3.63) is 24.3 Å². The average Bonchev–Trinajstić information content (AvgIpc) is 2.57. The maximum absolute atomic E-state index is 2.26. The van der Waals surface area contributed by atoms with E-state index in [0.29, 0.717) is 0 Å². The summed E-state index contributed by atoms with van der Waals surface area (Å²) >= 11 is 4.08. The third-order valence-corrected chi connectivity index (χ3v) is 5.08. The molecule has 0 unspecified atom stereocenters. The van der Waals surface area contributed by atoms with Crippen molar-refractivity contribution < 1.29 is 0 Å². The minimum Gasteiger partial charge on any atom is -0.110 e. The van der Waals surface area contributed by atoms with Gasteiger partial charge in [-0.1, -0.05) is 31.9 Å². The molecule has 1 aromatic carbocycles. The van der Waals surface area contributed by atoms with Gasteiger partial charge in [-0.05, 0) is 18.6 Å². The average molecular weight is 210 g/mol. The molecule has 1 aromatic rings. The molecule has 1 aliphatic heterocycles. The van der Waals surface area contributed by atoms with Crippen LogP contribution in [0.25, 0.3) is 0 Å². The molecular formula is C11H14S2. The van der Waals surface area contributed by atoms with Crippen LogP contribution in [-0.2, 0) is 0 Å². The van der Waals surface area contributed by atoms with Crippen molar-refractivity contribution in [3.8, 4) is 0 Å². The van der Waals surface area contributed by atoms with E-state index >= 15 is 0 Å². The number of benzene rings is 1. The fourth-order valence-corrected chi connectivity index (χ4v) is 4.36. The summed E-state index contributed by atoms with van der Waals surface area (Å²) in [7, 11) is 0. The van der Waals surface area contributed by atoms with Crippen molar-refractivity contribution >= 4 is 23.5 Å². The van der Waals surface area contributed by atoms with Gasteiger partial charge in [-0.3, -0.25) is 0 Å². The maximum Gasteiger partial charge on any atom is 0.0597 e. The molecular weight excluding hydrogens is 196 g/mol. The lowest BCUT2D eigenvalue weighted by molar-refractivity contribution is 0.764. The van der Waals surface area contributed by atoms with E-state index in [2.05, 4.69) is 31.2 Å². The molecule has 13 heavy (non-hydrogen) atoms. The Morgan fingerprint density at radius 2 is 1.77 bits per heavy atom. The largest absolute Gasteiger partial charge is 0.110 e. The third-order valence-electron chi connectivity index (χ3n) is 2.16. The zero-order valence-electron chi connectivity index (χ0n) is 7.82. The Labute approximate surface area is 88.5 Å². The molecule has 0 aliphatic carbocycles. The van der Waals surface area contributed by atoms with E-state index in [4.69, 9.17) is 0 Å². The van der Waals surface area contributed by atoms with Gasteiger partial charge in [0.2, 0.25) is 0 Å². The van der Waals surface area contributed by atoms with E-state index in [0.717, 1.165) is 4.58 Å². The van der Waals surface area contributed by atoms with Crippen molar-refractivity contribution in [1.82, 2.24) is 0 Å². The first kappa shape index (κ1) is 9.47. The quantitative estimate of drug-likeness (QED) is 0.725. The monoisotopic (exact) mass is 210 g/mol. The summed E-state index contributed by atoms with van der Waals surface area (Å²) in [5.74, 6) is 0. The predicted octanol–water partition coefficient (Wildman–Crippen LogP) is 4.40. The summed E-state index contributed by atoms with van der Waals surface area (Å²) in [6.45, 7) is 2.26. The Morgan fingerprint density at radius 3 is 2.31 bits per heavy atom. The van der Waals surface area contributed by atoms with E-state index in [-0.39, 0.29) is 0 Å². The van der Waals surface area contributed by atoms with Crippen LogP contribution in [-0.4, -0.2) is 4.58 Å². The number of unbranched alkanes of at least 4 members (excludes halogenated alkanes) is 1. The molecule has 1 heterocycles. The maximum atomic E-state index is 2.26. The Bertz CT molecular complexity index is 258. The Kier molecular flexibility index (Phi) is 3.23. The molecule has 0 radical (unpaired) electrons. The van der Waals surface area contributed by atoms with Gasteiger partial charge in [-0.2, -0.15) is 0 Å². The van der Waals surface area contributed by atoms with Gasteiger partial charge in [0.05, 0.1) is 4.58 Å². The van der Waals surface area contributed by atoms with E-state index in [1.807, 2.05) is 23.5 Å². The first-order valence-corrected chi connectivity index (χ1v) is 6.58. The second-order valence-electron chi connectivity index (χ2n) is 3.25. The van der Waals surface area contributed by atoms with Crippen molar-refractivity contribution in [2.45, 2.75) is 40.6 Å². The molecule has 0 nitrogen and oxygen atoms in total. The highest BCUT2D eigenvalue weighted by atomic mass is 32.2. The molecule has 0 N–H and O–H groups in total. The van der Waals surface area contributed by atoms with E-state index in [1.165, 1.54) is 29.1 Å². The van der Waals surface area contributed by atoms with Crippen LogP contribution in [0.1, 0.15) is 26.2 Å². The summed E-state index contributed by atoms with van der Waals surface area (Å²) in [5, 5.41) is 0. The molecule has 0 spiro atoms. The van der Waals surface area contributed by atoms with Gasteiger partial charge in [0.15, 0.2) is 0 Å². The SMILES string of the molecule is CCCCC1Sc2ccccc2S1. The highest BCUT2D eigenvalue weighted by Gasteiger charge is 2.21. The van der Waals surface area contributed by atoms with Crippen LogP contribution in [0.3, 0.4) is 0 Å². The van der Waals surface area contributed by atoms with E-state index in [9.17, 15) is 0 Å². The minimum absolute atomic E-state index is 0.775. The minimum atomic E-state index is 0.775. The summed E-state index contributed by atoms with van der Waals surface area (Å²) < 4.78 is 0.775. The number of rotatable bonds is 3. The van der Waals surface area contributed by atoms with Gasteiger partial charge in [0, 0.05) is 9.79 Å². The predicted molar refractivity (Wildman–Crippen MR) is 61.5 cm³/mol. The molecule has 0 amide bonds. The second kappa shape index (κ2) is 4.43. The van der Waals surface area contributed by atoms with Crippen LogP contribution >= 0.6 is 23.5 Å². The number of hydrogen-bond donors (Lipinski definition) is 0. The van der Waals surface area contributed by atoms with Crippen molar-refractivity contribution in [3.63, 3.8) is 0 Å². The first-order valence-electron chi connectivity index (χ1n) is 4.82. The first-order chi connectivity index (χ1) is 6.40. The highest BCUT2D eigenvalue weighted by molar-refractivity contribution is 8.19. The van der Waals surface area contributed by atoms with Crippen molar-refractivity contribution in [2.75, 3.05) is 0 Å². The molecule has 0 atom stereocenters. The van der Waals surface area contributed by atoms with Crippen LogP contribution in [0.15, 0.2) is 34.1 Å². The van der Waals surface area contributed by atoms with Gasteiger partial charge in [0.1, 0.15) is 0 Å². The Balaban J connectivity index is 1.97. The van der Waals surface area contributed by atoms with Gasteiger partial charge in [-0.25, -0.2) is 0 Å². The van der Waals surface area contributed by atoms with Crippen LogP contribution < -0.4 is 0 Å². The summed E-state index contributed by atoms with van der Waals surface area (Å²) in [6.07, 6.45) is 4.02. The molecule has 2 heteroatoms. The lowest BCUT2D eigenvalue weighted by atomic mass is 10.3. The van der Waals surface area contributed by atoms with E-state index < -0.39 is 0 Å². The number of hydrogen-bond acceptors (Lipinski definition) is 2. The molecule has 70 valence electrons. The van der Waals surface area contributed by atoms with Crippen LogP contribution in [0.5, 0.6) is 0 Å². The second-order valence-corrected chi connectivity index (χ2v) is 6.04. The molecule has 0 saturated carbocycles. The van der Waals surface area contributed by atoms with E-state index in [1.54, 1.807) is 0 Å². The van der Waals surface area contributed by atoms with Gasteiger partial charge >= 0.3 is 0 Å². The Hall–Kier alpha value is -0.0800. The molecule has 1 aliphatic rings. The fourth-order valence-electron chi connectivity index (χ4n) is 1.44. The van der Waals surface area contributed by atoms with Crippen LogP contribution in [0, 0.1) is 0 Å². The van der Waals surface area contributed by atoms with Crippen LogP contribution in [0.2, 0.25) is 0 Å². The molecule has 0 bridgehead atoms. The third kappa shape index (κ3) is 2.23. The topological polar surface area (TPSA) is 0 Å². The fraction of sp³-hybridized carbons (Fsp3) is 0.455. The molecule has 0 saturated heterocycles. The summed E-state index contributed by atoms with van der Waals surface area (Å²) in [4.78, 5) is 2.96. The molecule has 0 fully saturated rings. The van der Waals surface area contributed by atoms with Crippen molar-refractivity contribution in [2.24, 2.45) is 0 Å². The normalized spacial score (nSPS) is 16.1. The lowest BCUT2D eigenvalue weighted by Gasteiger charge is -2.04. The van der Waals surface area contributed by atoms with Crippen LogP contribution in [0.4, 0.5) is 0 Å². The summed E-state index contributed by atoms with van der Waals surface area (Å²) in [5.41, 5.74) is 0. The van der Waals surface area contributed by atoms with Gasteiger partial charge in [0.25, 0.3) is 0 Å². The smallest absolute Gasteiger partial charge is 0.0597 e. The van der Waals surface area contributed by atoms with Gasteiger partial charge < -0.3 is 0 Å². The zero-order valence-corrected chi connectivity index (χ0v) is 9.46. The molecule has 2 rings (SSSR count). The number of thioether (sulfide) groups is 2.